The van der Waals surface area contributed by atoms with Gasteiger partial charge in [0.1, 0.15) is 5.01 Å². The number of amides is 1. The van der Waals surface area contributed by atoms with Crippen LogP contribution >= 0.6 is 11.3 Å². The molecule has 0 unspecified atom stereocenters. The van der Waals surface area contributed by atoms with Gasteiger partial charge in [0, 0.05) is 37.1 Å². The van der Waals surface area contributed by atoms with E-state index in [0.717, 1.165) is 55.5 Å². The number of morpholine rings is 1. The van der Waals surface area contributed by atoms with E-state index in [4.69, 9.17) is 4.74 Å². The van der Waals surface area contributed by atoms with Gasteiger partial charge in [0.05, 0.1) is 25.3 Å². The zero-order chi connectivity index (χ0) is 20.6. The van der Waals surface area contributed by atoms with E-state index in [1.54, 1.807) is 11.3 Å². The van der Waals surface area contributed by atoms with Crippen molar-refractivity contribution in [3.8, 4) is 10.6 Å². The summed E-state index contributed by atoms with van der Waals surface area (Å²) in [6.45, 7) is 5.22. The van der Waals surface area contributed by atoms with Crippen LogP contribution in [0.25, 0.3) is 10.6 Å². The van der Waals surface area contributed by atoms with Crippen LogP contribution in [0.2, 0.25) is 0 Å². The van der Waals surface area contributed by atoms with E-state index in [9.17, 15) is 4.79 Å². The van der Waals surface area contributed by atoms with E-state index in [0.29, 0.717) is 13.0 Å². The van der Waals surface area contributed by atoms with Gasteiger partial charge in [-0.25, -0.2) is 4.98 Å². The first kappa shape index (κ1) is 20.7. The molecule has 2 heterocycles. The molecule has 0 atom stereocenters. The van der Waals surface area contributed by atoms with Crippen molar-refractivity contribution in [1.29, 1.82) is 0 Å². The van der Waals surface area contributed by atoms with Gasteiger partial charge < -0.3 is 10.1 Å². The molecule has 3 aromatic rings. The summed E-state index contributed by atoms with van der Waals surface area (Å²) in [5.74, 6) is 0.0173. The number of rotatable bonds is 8. The van der Waals surface area contributed by atoms with Crippen LogP contribution in [-0.2, 0) is 28.9 Å². The highest BCUT2D eigenvalue weighted by Crippen LogP contribution is 2.24. The highest BCUT2D eigenvalue weighted by molar-refractivity contribution is 7.13. The normalized spacial score (nSPS) is 14.5. The highest BCUT2D eigenvalue weighted by Gasteiger charge is 2.12. The molecule has 1 N–H and O–H groups in total. The average Bonchev–Trinajstić information content (AvgIpc) is 3.24. The highest BCUT2D eigenvalue weighted by atomic mass is 32.1. The van der Waals surface area contributed by atoms with Crippen LogP contribution in [0.4, 0.5) is 0 Å². The minimum atomic E-state index is 0.0173. The van der Waals surface area contributed by atoms with Crippen molar-refractivity contribution in [3.63, 3.8) is 0 Å². The van der Waals surface area contributed by atoms with Crippen molar-refractivity contribution < 1.29 is 9.53 Å². The molecule has 1 saturated heterocycles. The molecule has 1 fully saturated rings. The fourth-order valence-electron chi connectivity index (χ4n) is 3.51. The maximum absolute atomic E-state index is 12.2. The minimum Gasteiger partial charge on any atom is -0.379 e. The Balaban J connectivity index is 1.26. The van der Waals surface area contributed by atoms with Crippen LogP contribution in [0.1, 0.15) is 16.8 Å². The standard InChI is InChI=1S/C24H27N3O2S/c28-23(25-11-10-19-4-2-1-3-5-19)16-22-18-30-24(26-22)21-8-6-20(7-9-21)17-27-12-14-29-15-13-27/h1-9,18H,10-17H2,(H,25,28). The third kappa shape index (κ3) is 5.98. The number of thiazole rings is 1. The smallest absolute Gasteiger partial charge is 0.226 e. The number of carbonyl (C=O) groups is 1. The lowest BCUT2D eigenvalue weighted by Gasteiger charge is -2.26. The molecule has 1 amide bonds. The molecule has 0 bridgehead atoms. The van der Waals surface area contributed by atoms with E-state index < -0.39 is 0 Å². The lowest BCUT2D eigenvalue weighted by atomic mass is 10.1. The Morgan fingerprint density at radius 3 is 2.57 bits per heavy atom. The summed E-state index contributed by atoms with van der Waals surface area (Å²) >= 11 is 1.59. The predicted molar refractivity (Wildman–Crippen MR) is 121 cm³/mol. The summed E-state index contributed by atoms with van der Waals surface area (Å²) < 4.78 is 5.41. The van der Waals surface area contributed by atoms with Crippen LogP contribution in [0.5, 0.6) is 0 Å². The van der Waals surface area contributed by atoms with Crippen LogP contribution in [0.3, 0.4) is 0 Å². The molecule has 1 aliphatic rings. The van der Waals surface area contributed by atoms with Crippen LogP contribution < -0.4 is 5.32 Å². The van der Waals surface area contributed by atoms with Crippen LogP contribution in [0, 0.1) is 0 Å². The molecular weight excluding hydrogens is 394 g/mol. The summed E-state index contributed by atoms with van der Waals surface area (Å²) in [4.78, 5) is 19.3. The number of nitrogens with zero attached hydrogens (tertiary/aromatic N) is 2. The Hall–Kier alpha value is -2.54. The summed E-state index contributed by atoms with van der Waals surface area (Å²) in [6.07, 6.45) is 1.16. The summed E-state index contributed by atoms with van der Waals surface area (Å²) in [5.41, 5.74) is 4.45. The molecule has 5 nitrogen and oxygen atoms in total. The lowest BCUT2D eigenvalue weighted by Crippen LogP contribution is -2.35. The van der Waals surface area contributed by atoms with Crippen LogP contribution in [0.15, 0.2) is 60.0 Å². The topological polar surface area (TPSA) is 54.5 Å². The fourth-order valence-corrected chi connectivity index (χ4v) is 4.33. The first-order chi connectivity index (χ1) is 14.8. The second-order valence-corrected chi connectivity index (χ2v) is 8.35. The Morgan fingerprint density at radius 1 is 1.03 bits per heavy atom. The maximum atomic E-state index is 12.2. The van der Waals surface area contributed by atoms with E-state index in [1.807, 2.05) is 23.6 Å². The Morgan fingerprint density at radius 2 is 1.80 bits per heavy atom. The second-order valence-electron chi connectivity index (χ2n) is 7.49. The van der Waals surface area contributed by atoms with Gasteiger partial charge in [0.2, 0.25) is 5.91 Å². The summed E-state index contributed by atoms with van der Waals surface area (Å²) in [5, 5.41) is 5.93. The number of aromatic nitrogens is 1. The van der Waals surface area contributed by atoms with Gasteiger partial charge in [0.15, 0.2) is 0 Å². The van der Waals surface area contributed by atoms with E-state index >= 15 is 0 Å². The molecule has 30 heavy (non-hydrogen) atoms. The number of nitrogens with one attached hydrogen (secondary N) is 1. The number of hydrogen-bond acceptors (Lipinski definition) is 5. The van der Waals surface area contributed by atoms with Gasteiger partial charge in [-0.05, 0) is 17.5 Å². The molecule has 0 spiro atoms. The first-order valence-electron chi connectivity index (χ1n) is 10.4. The number of hydrogen-bond donors (Lipinski definition) is 1. The van der Waals surface area contributed by atoms with Crippen molar-refractivity contribution in [1.82, 2.24) is 15.2 Å². The number of ether oxygens (including phenoxy) is 1. The third-order valence-corrected chi connectivity index (χ3v) is 6.12. The molecular formula is C24H27N3O2S. The van der Waals surface area contributed by atoms with Crippen molar-refractivity contribution in [2.75, 3.05) is 32.8 Å². The Labute approximate surface area is 181 Å². The monoisotopic (exact) mass is 421 g/mol. The van der Waals surface area contributed by atoms with Crippen molar-refractivity contribution in [2.45, 2.75) is 19.4 Å². The number of carbonyl (C=O) groups excluding carboxylic acids is 1. The summed E-state index contributed by atoms with van der Waals surface area (Å²) in [6, 6.07) is 18.8. The lowest BCUT2D eigenvalue weighted by molar-refractivity contribution is -0.120. The quantitative estimate of drug-likeness (QED) is 0.604. The van der Waals surface area contributed by atoms with Gasteiger partial charge >= 0.3 is 0 Å². The van der Waals surface area contributed by atoms with E-state index in [2.05, 4.69) is 51.6 Å². The van der Waals surface area contributed by atoms with E-state index in [-0.39, 0.29) is 5.91 Å². The van der Waals surface area contributed by atoms with Crippen molar-refractivity contribution in [2.24, 2.45) is 0 Å². The second kappa shape index (κ2) is 10.5. The minimum absolute atomic E-state index is 0.0173. The zero-order valence-electron chi connectivity index (χ0n) is 17.0. The van der Waals surface area contributed by atoms with Gasteiger partial charge in [0.25, 0.3) is 0 Å². The van der Waals surface area contributed by atoms with Crippen molar-refractivity contribution >= 4 is 17.2 Å². The SMILES string of the molecule is O=C(Cc1csc(-c2ccc(CN3CCOCC3)cc2)n1)NCCc1ccccc1. The molecule has 6 heteroatoms. The average molecular weight is 422 g/mol. The van der Waals surface area contributed by atoms with E-state index in [1.165, 1.54) is 11.1 Å². The molecule has 1 aromatic heterocycles. The zero-order valence-corrected chi connectivity index (χ0v) is 17.9. The molecule has 0 radical (unpaired) electrons. The van der Waals surface area contributed by atoms with Gasteiger partial charge in [-0.15, -0.1) is 11.3 Å². The van der Waals surface area contributed by atoms with Gasteiger partial charge in [-0.3, -0.25) is 9.69 Å². The van der Waals surface area contributed by atoms with Crippen molar-refractivity contribution in [3.05, 3.63) is 76.8 Å². The fraction of sp³-hybridized carbons (Fsp3) is 0.333. The third-order valence-electron chi connectivity index (χ3n) is 5.18. The maximum Gasteiger partial charge on any atom is 0.226 e. The Bertz CT molecular complexity index is 935. The van der Waals surface area contributed by atoms with Gasteiger partial charge in [-0.1, -0.05) is 54.6 Å². The van der Waals surface area contributed by atoms with Crippen LogP contribution in [-0.4, -0.2) is 48.6 Å². The largest absolute Gasteiger partial charge is 0.379 e. The molecule has 0 saturated carbocycles. The first-order valence-corrected chi connectivity index (χ1v) is 11.3. The molecule has 4 rings (SSSR count). The number of benzene rings is 2. The van der Waals surface area contributed by atoms with Gasteiger partial charge in [-0.2, -0.15) is 0 Å². The molecule has 156 valence electrons. The predicted octanol–water partition coefficient (Wildman–Crippen LogP) is 3.54. The Kier molecular flexibility index (Phi) is 7.24. The molecule has 2 aromatic carbocycles. The summed E-state index contributed by atoms with van der Waals surface area (Å²) in [7, 11) is 0. The molecule has 1 aliphatic heterocycles. The molecule has 0 aliphatic carbocycles.